The molecule has 3 aromatic carbocycles. The minimum atomic E-state index is -3.98. The maximum absolute atomic E-state index is 14.4. The number of carboxylic acid groups (broad SMARTS) is 1. The largest absolute Gasteiger partial charge is 0.497 e. The summed E-state index contributed by atoms with van der Waals surface area (Å²) in [5.74, 6) is -0.0959. The molecular weight excluding hydrogens is 630 g/mol. The molecule has 0 spiro atoms. The normalized spacial score (nSPS) is 15.0. The van der Waals surface area contributed by atoms with Crippen molar-refractivity contribution in [2.24, 2.45) is 11.8 Å². The Labute approximate surface area is 285 Å². The van der Waals surface area contributed by atoms with E-state index in [1.165, 1.54) is 28.4 Å². The van der Waals surface area contributed by atoms with Gasteiger partial charge in [0.2, 0.25) is 15.9 Å². The van der Waals surface area contributed by atoms with Crippen LogP contribution in [0.25, 0.3) is 0 Å². The van der Waals surface area contributed by atoms with Crippen molar-refractivity contribution < 1.29 is 33.0 Å². The molecule has 2 atom stereocenters. The summed E-state index contributed by atoms with van der Waals surface area (Å²) in [5.41, 5.74) is 1.73. The van der Waals surface area contributed by atoms with Gasteiger partial charge in [0.05, 0.1) is 18.1 Å². The van der Waals surface area contributed by atoms with Crippen molar-refractivity contribution in [1.29, 1.82) is 0 Å². The van der Waals surface area contributed by atoms with E-state index < -0.39 is 34.2 Å². The number of hydrogen-bond acceptors (Lipinski definition) is 6. The molecule has 0 saturated heterocycles. The van der Waals surface area contributed by atoms with E-state index in [1.807, 2.05) is 60.7 Å². The molecular formula is C37H49N3O7S. The number of aliphatic hydroxyl groups excluding tert-OH is 1. The van der Waals surface area contributed by atoms with Crippen molar-refractivity contribution in [1.82, 2.24) is 14.1 Å². The summed E-state index contributed by atoms with van der Waals surface area (Å²) in [4.78, 5) is 29.7. The number of sulfonamides is 1. The third-order valence-electron chi connectivity index (χ3n) is 8.97. The molecule has 3 aromatic rings. The molecule has 2 N–H and O–H groups in total. The van der Waals surface area contributed by atoms with Gasteiger partial charge in [-0.3, -0.25) is 9.69 Å². The van der Waals surface area contributed by atoms with Crippen LogP contribution in [0.4, 0.5) is 4.79 Å². The molecule has 48 heavy (non-hydrogen) atoms. The first kappa shape index (κ1) is 36.9. The van der Waals surface area contributed by atoms with Gasteiger partial charge in [0.1, 0.15) is 11.8 Å². The first-order chi connectivity index (χ1) is 23.0. The second-order valence-electron chi connectivity index (χ2n) is 12.9. The number of ether oxygens (including phenoxy) is 1. The van der Waals surface area contributed by atoms with Gasteiger partial charge in [-0.1, -0.05) is 87.4 Å². The topological polar surface area (TPSA) is 128 Å². The van der Waals surface area contributed by atoms with Crippen LogP contribution >= 0.6 is 0 Å². The predicted octanol–water partition coefficient (Wildman–Crippen LogP) is 5.51. The summed E-state index contributed by atoms with van der Waals surface area (Å²) in [7, 11) is -2.47. The molecule has 260 valence electrons. The lowest BCUT2D eigenvalue weighted by Crippen LogP contribution is -2.55. The Kier molecular flexibility index (Phi) is 13.4. The van der Waals surface area contributed by atoms with Crippen LogP contribution in [0.3, 0.4) is 0 Å². The van der Waals surface area contributed by atoms with Crippen LogP contribution in [0.5, 0.6) is 5.75 Å². The Bertz CT molecular complexity index is 1550. The summed E-state index contributed by atoms with van der Waals surface area (Å²) in [5, 5.41) is 21.8. The van der Waals surface area contributed by atoms with E-state index in [1.54, 1.807) is 26.0 Å². The summed E-state index contributed by atoms with van der Waals surface area (Å²) in [6.07, 6.45) is 1.92. The minimum Gasteiger partial charge on any atom is -0.497 e. The zero-order valence-corrected chi connectivity index (χ0v) is 29.0. The Morgan fingerprint density at radius 1 is 0.875 bits per heavy atom. The molecule has 0 aromatic heterocycles. The van der Waals surface area contributed by atoms with Crippen LogP contribution in [0.15, 0.2) is 89.8 Å². The van der Waals surface area contributed by atoms with Gasteiger partial charge in [-0.05, 0) is 66.5 Å². The van der Waals surface area contributed by atoms with Gasteiger partial charge < -0.3 is 19.8 Å². The number of methoxy groups -OCH3 is 1. The molecule has 0 radical (unpaired) electrons. The second-order valence-corrected chi connectivity index (χ2v) is 14.8. The minimum absolute atomic E-state index is 0.0229. The number of carbonyl (C=O) groups excluding carboxylic acids is 1. The van der Waals surface area contributed by atoms with Gasteiger partial charge in [0.25, 0.3) is 0 Å². The first-order valence-electron chi connectivity index (χ1n) is 16.7. The zero-order chi connectivity index (χ0) is 34.7. The average Bonchev–Trinajstić information content (AvgIpc) is 3.60. The zero-order valence-electron chi connectivity index (χ0n) is 28.1. The SMILES string of the molecule is COc1ccc(S(=O)(=O)N(CC2CCCC2)C[C@@H](O)CN(CCc2ccccc2)C(=O)[C@H](C(C)C)N(Cc2ccccc2)C(=O)O)cc1. The molecule has 1 aliphatic carbocycles. The third kappa shape index (κ3) is 10.0. The van der Waals surface area contributed by atoms with Gasteiger partial charge in [-0.25, -0.2) is 13.2 Å². The number of nitrogens with zero attached hydrogens (tertiary/aromatic N) is 3. The van der Waals surface area contributed by atoms with E-state index in [2.05, 4.69) is 0 Å². The van der Waals surface area contributed by atoms with Crippen molar-refractivity contribution in [3.05, 3.63) is 96.1 Å². The highest BCUT2D eigenvalue weighted by Gasteiger charge is 2.37. The Morgan fingerprint density at radius 3 is 2.00 bits per heavy atom. The maximum atomic E-state index is 14.4. The molecule has 2 amide bonds. The molecule has 1 saturated carbocycles. The monoisotopic (exact) mass is 679 g/mol. The smallest absolute Gasteiger partial charge is 0.408 e. The number of hydrogen-bond donors (Lipinski definition) is 2. The van der Waals surface area contributed by atoms with Crippen LogP contribution in [-0.2, 0) is 27.8 Å². The highest BCUT2D eigenvalue weighted by atomic mass is 32.2. The van der Waals surface area contributed by atoms with E-state index in [0.29, 0.717) is 12.2 Å². The second kappa shape index (κ2) is 17.5. The van der Waals surface area contributed by atoms with Crippen molar-refractivity contribution in [3.8, 4) is 5.75 Å². The number of benzene rings is 3. The van der Waals surface area contributed by atoms with Crippen molar-refractivity contribution in [2.75, 3.05) is 33.3 Å². The van der Waals surface area contributed by atoms with Gasteiger partial charge >= 0.3 is 6.09 Å². The van der Waals surface area contributed by atoms with Crippen LogP contribution in [-0.4, -0.2) is 90.2 Å². The maximum Gasteiger partial charge on any atom is 0.408 e. The summed E-state index contributed by atoms with van der Waals surface area (Å²) in [6.45, 7) is 3.75. The average molecular weight is 680 g/mol. The molecule has 11 heteroatoms. The molecule has 0 bridgehead atoms. The number of aliphatic hydroxyl groups is 1. The standard InChI is InChI=1S/C37H49N3O7S/c1-28(2)35(40(37(43)44)25-31-14-8-5-9-15-31)36(42)38(23-22-29-12-6-4-7-13-29)26-32(41)27-39(24-30-16-10-11-17-30)48(45,46)34-20-18-33(47-3)19-21-34/h4-9,12-15,18-21,28,30,32,35,41H,10-11,16-17,22-27H2,1-3H3,(H,43,44)/t32-,35-/m0/s1. The van der Waals surface area contributed by atoms with Gasteiger partial charge in [0, 0.05) is 32.7 Å². The van der Waals surface area contributed by atoms with Crippen LogP contribution in [0.1, 0.15) is 50.7 Å². The predicted molar refractivity (Wildman–Crippen MR) is 185 cm³/mol. The highest BCUT2D eigenvalue weighted by molar-refractivity contribution is 7.89. The fraction of sp³-hybridized carbons (Fsp3) is 0.459. The molecule has 10 nitrogen and oxygen atoms in total. The Hall–Kier alpha value is -3.93. The first-order valence-corrected chi connectivity index (χ1v) is 18.1. The van der Waals surface area contributed by atoms with Crippen LogP contribution < -0.4 is 4.74 Å². The van der Waals surface area contributed by atoms with E-state index in [0.717, 1.165) is 41.7 Å². The summed E-state index contributed by atoms with van der Waals surface area (Å²) < 4.78 is 34.4. The van der Waals surface area contributed by atoms with Gasteiger partial charge in [0.15, 0.2) is 0 Å². The number of carbonyl (C=O) groups is 2. The summed E-state index contributed by atoms with van der Waals surface area (Å²) >= 11 is 0. The van der Waals surface area contributed by atoms with E-state index in [4.69, 9.17) is 4.74 Å². The molecule has 0 heterocycles. The highest BCUT2D eigenvalue weighted by Crippen LogP contribution is 2.29. The van der Waals surface area contributed by atoms with Crippen LogP contribution in [0.2, 0.25) is 0 Å². The number of amides is 2. The molecule has 0 aliphatic heterocycles. The van der Waals surface area contributed by atoms with Crippen molar-refractivity contribution >= 4 is 22.0 Å². The van der Waals surface area contributed by atoms with Crippen LogP contribution in [0, 0.1) is 11.8 Å². The van der Waals surface area contributed by atoms with E-state index >= 15 is 0 Å². The van der Waals surface area contributed by atoms with Crippen molar-refractivity contribution in [3.63, 3.8) is 0 Å². The fourth-order valence-corrected chi connectivity index (χ4v) is 7.98. The molecule has 1 fully saturated rings. The quantitative estimate of drug-likeness (QED) is 0.193. The van der Waals surface area contributed by atoms with E-state index in [9.17, 15) is 28.2 Å². The third-order valence-corrected chi connectivity index (χ3v) is 10.8. The van der Waals surface area contributed by atoms with Gasteiger partial charge in [-0.2, -0.15) is 4.31 Å². The van der Waals surface area contributed by atoms with Gasteiger partial charge in [-0.15, -0.1) is 0 Å². The van der Waals surface area contributed by atoms with Crippen molar-refractivity contribution in [2.45, 2.75) is 69.5 Å². The Balaban J connectivity index is 1.61. The Morgan fingerprint density at radius 2 is 1.46 bits per heavy atom. The fourth-order valence-electron chi connectivity index (χ4n) is 6.43. The lowest BCUT2D eigenvalue weighted by atomic mass is 9.99. The molecule has 1 aliphatic rings. The summed E-state index contributed by atoms with van der Waals surface area (Å²) in [6, 6.07) is 23.9. The molecule has 0 unspecified atom stereocenters. The van der Waals surface area contributed by atoms with E-state index in [-0.39, 0.29) is 49.5 Å². The molecule has 4 rings (SSSR count). The number of rotatable bonds is 17. The lowest BCUT2D eigenvalue weighted by Gasteiger charge is -2.37. The lowest BCUT2D eigenvalue weighted by molar-refractivity contribution is -0.139.